The minimum atomic E-state index is 0.243. The second-order valence-electron chi connectivity index (χ2n) is 4.89. The molecule has 3 rings (SSSR count). The van der Waals surface area contributed by atoms with Crippen LogP contribution in [0.15, 0.2) is 4.52 Å². The smallest absolute Gasteiger partial charge is 0.261 e. The van der Waals surface area contributed by atoms with Crippen molar-refractivity contribution >= 4 is 16.3 Å². The van der Waals surface area contributed by atoms with E-state index in [0.29, 0.717) is 12.5 Å². The first-order valence-corrected chi connectivity index (χ1v) is 7.25. The largest absolute Gasteiger partial charge is 0.390 e. The summed E-state index contributed by atoms with van der Waals surface area (Å²) < 4.78 is 10.8. The van der Waals surface area contributed by atoms with Crippen molar-refractivity contribution in [2.45, 2.75) is 32.6 Å². The zero-order chi connectivity index (χ0) is 13.4. The summed E-state index contributed by atoms with van der Waals surface area (Å²) in [5.74, 6) is 1.50. The van der Waals surface area contributed by atoms with Gasteiger partial charge in [-0.05, 0) is 32.3 Å². The van der Waals surface area contributed by atoms with Crippen LogP contribution in [-0.2, 0) is 4.74 Å². The summed E-state index contributed by atoms with van der Waals surface area (Å²) >= 11 is 1.56. The van der Waals surface area contributed by atoms with Crippen molar-refractivity contribution in [3.63, 3.8) is 0 Å². The normalized spacial score (nSPS) is 19.8. The number of rotatable bonds is 2. The first kappa shape index (κ1) is 12.6. The second kappa shape index (κ2) is 4.94. The Kier molecular flexibility index (Phi) is 3.28. The molecule has 1 aliphatic rings. The molecule has 0 spiro atoms. The Morgan fingerprint density at radius 1 is 1.37 bits per heavy atom. The first-order valence-electron chi connectivity index (χ1n) is 6.44. The maximum Gasteiger partial charge on any atom is 0.261 e. The molecule has 0 amide bonds. The molecule has 2 aromatic heterocycles. The molecule has 1 unspecified atom stereocenters. The number of nitrogens with two attached hydrogens (primary N) is 1. The van der Waals surface area contributed by atoms with E-state index in [1.54, 1.807) is 11.3 Å². The monoisotopic (exact) mass is 279 g/mol. The molecule has 0 aliphatic carbocycles. The fourth-order valence-electron chi connectivity index (χ4n) is 2.37. The third-order valence-electron chi connectivity index (χ3n) is 3.59. The van der Waals surface area contributed by atoms with E-state index in [0.717, 1.165) is 41.4 Å². The lowest BCUT2D eigenvalue weighted by Gasteiger charge is -2.18. The van der Waals surface area contributed by atoms with Gasteiger partial charge in [0.25, 0.3) is 5.89 Å². The van der Waals surface area contributed by atoms with Crippen LogP contribution in [0.3, 0.4) is 0 Å². The van der Waals surface area contributed by atoms with Gasteiger partial charge < -0.3 is 15.0 Å². The highest BCUT2D eigenvalue weighted by Gasteiger charge is 2.24. The van der Waals surface area contributed by atoms with E-state index < -0.39 is 0 Å². The number of hydrogen-bond acceptors (Lipinski definition) is 6. The number of anilines is 1. The fourth-order valence-corrected chi connectivity index (χ4v) is 3.29. The fraction of sp³-hybridized carbons (Fsp3) is 0.538. The van der Waals surface area contributed by atoms with Gasteiger partial charge in [-0.25, -0.2) is 0 Å². The van der Waals surface area contributed by atoms with Crippen LogP contribution in [0.4, 0.5) is 5.00 Å². The van der Waals surface area contributed by atoms with E-state index in [2.05, 4.69) is 10.1 Å². The number of aromatic nitrogens is 2. The number of nitrogen functional groups attached to an aromatic ring is 1. The predicted molar refractivity (Wildman–Crippen MR) is 74.3 cm³/mol. The number of thiophene rings is 1. The predicted octanol–water partition coefficient (Wildman–Crippen LogP) is 2.89. The van der Waals surface area contributed by atoms with Crippen molar-refractivity contribution in [3.8, 4) is 11.5 Å². The second-order valence-corrected chi connectivity index (χ2v) is 6.15. The van der Waals surface area contributed by atoms with Crippen LogP contribution in [0.1, 0.15) is 35.0 Å². The average Bonchev–Trinajstić information content (AvgIpc) is 2.97. The molecule has 102 valence electrons. The Hall–Kier alpha value is -1.40. The van der Waals surface area contributed by atoms with Gasteiger partial charge in [0.1, 0.15) is 0 Å². The summed E-state index contributed by atoms with van der Waals surface area (Å²) in [4.78, 5) is 5.70. The Bertz CT molecular complexity index is 585. The summed E-state index contributed by atoms with van der Waals surface area (Å²) in [6.07, 6.45) is 2.10. The molecule has 1 aliphatic heterocycles. The van der Waals surface area contributed by atoms with Crippen molar-refractivity contribution < 1.29 is 9.26 Å². The molecule has 1 fully saturated rings. The molecule has 0 radical (unpaired) electrons. The topological polar surface area (TPSA) is 74.2 Å². The van der Waals surface area contributed by atoms with Crippen LogP contribution in [-0.4, -0.2) is 23.4 Å². The molecule has 0 bridgehead atoms. The summed E-state index contributed by atoms with van der Waals surface area (Å²) in [5.41, 5.74) is 8.04. The van der Waals surface area contributed by atoms with Crippen molar-refractivity contribution in [1.82, 2.24) is 10.1 Å². The average molecular weight is 279 g/mol. The van der Waals surface area contributed by atoms with E-state index >= 15 is 0 Å². The third-order valence-corrected chi connectivity index (χ3v) is 4.63. The lowest BCUT2D eigenvalue weighted by atomic mass is 10.0. The Morgan fingerprint density at radius 3 is 2.84 bits per heavy atom. The van der Waals surface area contributed by atoms with Crippen molar-refractivity contribution in [2.75, 3.05) is 18.9 Å². The van der Waals surface area contributed by atoms with Gasteiger partial charge in [-0.2, -0.15) is 4.98 Å². The van der Waals surface area contributed by atoms with Gasteiger partial charge in [-0.3, -0.25) is 0 Å². The SMILES string of the molecule is Cc1sc(N)c(-c2nc(C3CCCOC3)no2)c1C. The maximum absolute atomic E-state index is 6.03. The number of nitrogens with zero attached hydrogens (tertiary/aromatic N) is 2. The molecular formula is C13H17N3O2S. The van der Waals surface area contributed by atoms with Crippen LogP contribution in [0.2, 0.25) is 0 Å². The molecule has 0 aromatic carbocycles. The van der Waals surface area contributed by atoms with Crippen molar-refractivity contribution in [2.24, 2.45) is 0 Å². The molecule has 0 saturated carbocycles. The zero-order valence-electron chi connectivity index (χ0n) is 11.1. The van der Waals surface area contributed by atoms with E-state index in [9.17, 15) is 0 Å². The Labute approximate surface area is 115 Å². The highest BCUT2D eigenvalue weighted by Crippen LogP contribution is 2.37. The summed E-state index contributed by atoms with van der Waals surface area (Å²) in [6, 6.07) is 0. The van der Waals surface area contributed by atoms with E-state index in [-0.39, 0.29) is 5.92 Å². The van der Waals surface area contributed by atoms with Crippen LogP contribution in [0.5, 0.6) is 0 Å². The van der Waals surface area contributed by atoms with Gasteiger partial charge in [0, 0.05) is 17.4 Å². The number of aryl methyl sites for hydroxylation is 1. The minimum absolute atomic E-state index is 0.243. The molecule has 1 saturated heterocycles. The first-order chi connectivity index (χ1) is 9.16. The quantitative estimate of drug-likeness (QED) is 0.915. The standard InChI is InChI=1S/C13H17N3O2S/c1-7-8(2)19-11(14)10(7)13-15-12(16-18-13)9-4-3-5-17-6-9/h9H,3-6,14H2,1-2H3. The Balaban J connectivity index is 1.92. The molecule has 19 heavy (non-hydrogen) atoms. The molecule has 6 heteroatoms. The Morgan fingerprint density at radius 2 is 2.21 bits per heavy atom. The van der Waals surface area contributed by atoms with Gasteiger partial charge in [0.2, 0.25) is 0 Å². The van der Waals surface area contributed by atoms with E-state index in [4.69, 9.17) is 15.0 Å². The van der Waals surface area contributed by atoms with Crippen LogP contribution in [0, 0.1) is 13.8 Å². The van der Waals surface area contributed by atoms with Crippen LogP contribution in [0.25, 0.3) is 11.5 Å². The number of ether oxygens (including phenoxy) is 1. The van der Waals surface area contributed by atoms with E-state index in [1.807, 2.05) is 13.8 Å². The molecule has 3 heterocycles. The van der Waals surface area contributed by atoms with Gasteiger partial charge in [-0.1, -0.05) is 5.16 Å². The molecule has 2 aromatic rings. The summed E-state index contributed by atoms with van der Waals surface area (Å²) in [7, 11) is 0. The summed E-state index contributed by atoms with van der Waals surface area (Å²) in [5, 5.41) is 4.83. The lowest BCUT2D eigenvalue weighted by Crippen LogP contribution is -2.16. The summed E-state index contributed by atoms with van der Waals surface area (Å²) in [6.45, 7) is 5.59. The van der Waals surface area contributed by atoms with Crippen molar-refractivity contribution in [1.29, 1.82) is 0 Å². The zero-order valence-corrected chi connectivity index (χ0v) is 11.9. The molecular weight excluding hydrogens is 262 g/mol. The maximum atomic E-state index is 6.03. The molecule has 2 N–H and O–H groups in total. The lowest BCUT2D eigenvalue weighted by molar-refractivity contribution is 0.0773. The van der Waals surface area contributed by atoms with Crippen LogP contribution >= 0.6 is 11.3 Å². The van der Waals surface area contributed by atoms with Crippen LogP contribution < -0.4 is 5.73 Å². The van der Waals surface area contributed by atoms with Gasteiger partial charge in [-0.15, -0.1) is 11.3 Å². The third kappa shape index (κ3) is 2.26. The molecule has 5 nitrogen and oxygen atoms in total. The molecule has 1 atom stereocenters. The highest BCUT2D eigenvalue weighted by atomic mass is 32.1. The number of hydrogen-bond donors (Lipinski definition) is 1. The van der Waals surface area contributed by atoms with E-state index in [1.165, 1.54) is 4.88 Å². The van der Waals surface area contributed by atoms with Gasteiger partial charge in [0.05, 0.1) is 17.2 Å². The van der Waals surface area contributed by atoms with Gasteiger partial charge in [0.15, 0.2) is 5.82 Å². The van der Waals surface area contributed by atoms with Gasteiger partial charge >= 0.3 is 0 Å². The minimum Gasteiger partial charge on any atom is -0.390 e. The van der Waals surface area contributed by atoms with Crippen molar-refractivity contribution in [3.05, 3.63) is 16.3 Å². The highest BCUT2D eigenvalue weighted by molar-refractivity contribution is 7.16.